The summed E-state index contributed by atoms with van der Waals surface area (Å²) >= 11 is 0. The van der Waals surface area contributed by atoms with Gasteiger partial charge in [0.1, 0.15) is 12.4 Å². The van der Waals surface area contributed by atoms with Crippen LogP contribution < -0.4 is 0 Å². The normalized spacial score (nSPS) is 11.4. The maximum Gasteiger partial charge on any atom is 0.317 e. The average molecular weight is 337 g/mol. The van der Waals surface area contributed by atoms with Crippen molar-refractivity contribution in [3.8, 4) is 0 Å². The van der Waals surface area contributed by atoms with Gasteiger partial charge >= 0.3 is 5.95 Å². The predicted octanol–water partition coefficient (Wildman–Crippen LogP) is 5.25. The van der Waals surface area contributed by atoms with Crippen molar-refractivity contribution >= 4 is 16.6 Å². The van der Waals surface area contributed by atoms with Gasteiger partial charge < -0.3 is 13.6 Å². The summed E-state index contributed by atoms with van der Waals surface area (Å²) in [7, 11) is -3.41. The molecule has 22 heavy (non-hydrogen) atoms. The van der Waals surface area contributed by atoms with Gasteiger partial charge in [0.25, 0.3) is 0 Å². The molecule has 0 spiro atoms. The quantitative estimate of drug-likeness (QED) is 0.386. The number of benzene rings is 1. The van der Waals surface area contributed by atoms with Crippen molar-refractivity contribution in [1.29, 1.82) is 0 Å². The highest BCUT2D eigenvalue weighted by molar-refractivity contribution is 6.70. The molecule has 0 radical (unpaired) electrons. The molecule has 0 aliphatic carbocycles. The molecule has 0 saturated carbocycles. The summed E-state index contributed by atoms with van der Waals surface area (Å²) in [5.41, 5.74) is 4.24. The second kappa shape index (κ2) is 7.72. The third kappa shape index (κ3) is 8.77. The number of hydrogen-bond acceptors (Lipinski definition) is 3. The van der Waals surface area contributed by atoms with Gasteiger partial charge in [-0.05, 0) is 51.8 Å². The second-order valence-electron chi connectivity index (χ2n) is 7.17. The number of rotatable bonds is 7. The Hall–Kier alpha value is -1.43. The van der Waals surface area contributed by atoms with Gasteiger partial charge in [0.15, 0.2) is 0 Å². The molecular weight excluding hydrogens is 308 g/mol. The lowest BCUT2D eigenvalue weighted by Gasteiger charge is -2.21. The van der Waals surface area contributed by atoms with Crippen LogP contribution in [0.1, 0.15) is 12.5 Å². The SMILES string of the molecule is CC(=C=C(OCc1ccccc1)O[Si](C)(C)C)O[Si](C)(C)C. The first kappa shape index (κ1) is 18.6. The third-order valence-corrected chi connectivity index (χ3v) is 4.07. The lowest BCUT2D eigenvalue weighted by atomic mass is 10.2. The zero-order valence-electron chi connectivity index (χ0n) is 14.8. The molecular formula is C17H28O3Si2. The van der Waals surface area contributed by atoms with E-state index < -0.39 is 16.6 Å². The Labute approximate surface area is 136 Å². The Morgan fingerprint density at radius 3 is 1.95 bits per heavy atom. The van der Waals surface area contributed by atoms with Gasteiger partial charge in [-0.1, -0.05) is 30.3 Å². The molecule has 0 aliphatic heterocycles. The molecule has 122 valence electrons. The number of allylic oxidation sites excluding steroid dienone is 1. The molecule has 1 rings (SSSR count). The van der Waals surface area contributed by atoms with Crippen molar-refractivity contribution in [2.24, 2.45) is 0 Å². The van der Waals surface area contributed by atoms with Crippen LogP contribution >= 0.6 is 0 Å². The number of hydrogen-bond donors (Lipinski definition) is 0. The van der Waals surface area contributed by atoms with Crippen LogP contribution in [0.15, 0.2) is 47.8 Å². The summed E-state index contributed by atoms with van der Waals surface area (Å²) < 4.78 is 17.7. The van der Waals surface area contributed by atoms with Crippen molar-refractivity contribution in [3.63, 3.8) is 0 Å². The first-order valence-electron chi connectivity index (χ1n) is 7.57. The van der Waals surface area contributed by atoms with E-state index in [1.54, 1.807) is 0 Å². The van der Waals surface area contributed by atoms with Crippen LogP contribution in [0.3, 0.4) is 0 Å². The summed E-state index contributed by atoms with van der Waals surface area (Å²) in [5, 5.41) is 0. The van der Waals surface area contributed by atoms with Gasteiger partial charge in [0.2, 0.25) is 16.6 Å². The van der Waals surface area contributed by atoms with Crippen molar-refractivity contribution in [2.45, 2.75) is 52.8 Å². The Morgan fingerprint density at radius 2 is 1.45 bits per heavy atom. The summed E-state index contributed by atoms with van der Waals surface area (Å²) in [6.45, 7) is 15.2. The van der Waals surface area contributed by atoms with Crippen LogP contribution in [-0.2, 0) is 20.2 Å². The lowest BCUT2D eigenvalue weighted by Crippen LogP contribution is -2.26. The van der Waals surface area contributed by atoms with E-state index in [9.17, 15) is 0 Å². The maximum absolute atomic E-state index is 5.98. The van der Waals surface area contributed by atoms with E-state index in [0.29, 0.717) is 12.6 Å². The molecule has 0 unspecified atom stereocenters. The molecule has 0 aromatic heterocycles. The molecule has 5 heteroatoms. The van der Waals surface area contributed by atoms with E-state index in [1.807, 2.05) is 37.3 Å². The lowest BCUT2D eigenvalue weighted by molar-refractivity contribution is 0.0923. The molecule has 0 atom stereocenters. The van der Waals surface area contributed by atoms with E-state index >= 15 is 0 Å². The number of ether oxygens (including phenoxy) is 1. The highest BCUT2D eigenvalue weighted by Gasteiger charge is 2.20. The Kier molecular flexibility index (Phi) is 6.54. The van der Waals surface area contributed by atoms with Crippen LogP contribution in [0, 0.1) is 0 Å². The third-order valence-electron chi connectivity index (χ3n) is 2.35. The van der Waals surface area contributed by atoms with E-state index in [4.69, 9.17) is 13.6 Å². The molecule has 0 heterocycles. The van der Waals surface area contributed by atoms with Crippen LogP contribution in [0.25, 0.3) is 0 Å². The minimum absolute atomic E-state index is 0.429. The molecule has 1 aromatic carbocycles. The molecule has 0 N–H and O–H groups in total. The van der Waals surface area contributed by atoms with Gasteiger partial charge in [-0.2, -0.15) is 0 Å². The highest BCUT2D eigenvalue weighted by Crippen LogP contribution is 2.15. The van der Waals surface area contributed by atoms with Gasteiger partial charge in [0, 0.05) is 5.73 Å². The zero-order valence-corrected chi connectivity index (χ0v) is 16.8. The molecule has 0 aliphatic rings. The fraction of sp³-hybridized carbons (Fsp3) is 0.471. The van der Waals surface area contributed by atoms with Crippen molar-refractivity contribution < 1.29 is 13.6 Å². The van der Waals surface area contributed by atoms with Gasteiger partial charge in [0.05, 0.1) is 0 Å². The Balaban J connectivity index is 2.90. The van der Waals surface area contributed by atoms with E-state index in [0.717, 1.165) is 11.3 Å². The zero-order chi connectivity index (χ0) is 16.8. The molecule has 0 amide bonds. The summed E-state index contributed by atoms with van der Waals surface area (Å²) in [5.74, 6) is 1.15. The first-order valence-corrected chi connectivity index (χ1v) is 14.4. The summed E-state index contributed by atoms with van der Waals surface area (Å²) in [6.07, 6.45) is 0. The highest BCUT2D eigenvalue weighted by atomic mass is 28.4. The second-order valence-corrected chi connectivity index (χ2v) is 16.0. The van der Waals surface area contributed by atoms with Crippen molar-refractivity contribution in [1.82, 2.24) is 0 Å². The Morgan fingerprint density at radius 1 is 0.909 bits per heavy atom. The summed E-state index contributed by atoms with van der Waals surface area (Å²) in [4.78, 5) is 0. The molecule has 0 saturated heterocycles. The molecule has 0 bridgehead atoms. The van der Waals surface area contributed by atoms with Crippen LogP contribution in [0.5, 0.6) is 0 Å². The minimum atomic E-state index is -1.77. The fourth-order valence-electron chi connectivity index (χ4n) is 1.72. The molecule has 0 fully saturated rings. The van der Waals surface area contributed by atoms with Crippen LogP contribution in [-0.4, -0.2) is 16.6 Å². The molecule has 3 nitrogen and oxygen atoms in total. The standard InChI is InChI=1S/C17H28O3Si2/c1-15(19-21(2,3)4)13-17(20-22(5,6)7)18-14-16-11-9-8-10-12-16/h8-12H,14H2,1-7H3. The Bertz CT molecular complexity index is 533. The minimum Gasteiger partial charge on any atom is -0.542 e. The van der Waals surface area contributed by atoms with Crippen LogP contribution in [0.2, 0.25) is 39.3 Å². The average Bonchev–Trinajstić information content (AvgIpc) is 2.33. The van der Waals surface area contributed by atoms with Crippen LogP contribution in [0.4, 0.5) is 0 Å². The van der Waals surface area contributed by atoms with E-state index in [2.05, 4.69) is 45.0 Å². The van der Waals surface area contributed by atoms with Gasteiger partial charge in [-0.15, -0.1) is 0 Å². The predicted molar refractivity (Wildman–Crippen MR) is 96.3 cm³/mol. The largest absolute Gasteiger partial charge is 0.542 e. The van der Waals surface area contributed by atoms with E-state index in [1.165, 1.54) is 0 Å². The summed E-state index contributed by atoms with van der Waals surface area (Å²) in [6, 6.07) is 10.0. The fourth-order valence-corrected chi connectivity index (χ4v) is 3.36. The van der Waals surface area contributed by atoms with Crippen molar-refractivity contribution in [2.75, 3.05) is 0 Å². The monoisotopic (exact) mass is 336 g/mol. The van der Waals surface area contributed by atoms with Gasteiger partial charge in [-0.25, -0.2) is 0 Å². The maximum atomic E-state index is 5.98. The smallest absolute Gasteiger partial charge is 0.317 e. The first-order chi connectivity index (χ1) is 10.1. The topological polar surface area (TPSA) is 27.7 Å². The van der Waals surface area contributed by atoms with Gasteiger partial charge in [-0.3, -0.25) is 0 Å². The van der Waals surface area contributed by atoms with E-state index in [-0.39, 0.29) is 0 Å². The molecule has 1 aromatic rings. The van der Waals surface area contributed by atoms with Crippen molar-refractivity contribution in [3.05, 3.63) is 53.3 Å².